The molecule has 0 fully saturated rings. The number of hydrogen-bond donors (Lipinski definition) is 2. The Kier molecular flexibility index (Phi) is 3.83. The molecule has 20 heavy (non-hydrogen) atoms. The van der Waals surface area contributed by atoms with E-state index in [0.717, 1.165) is 35.4 Å². The fourth-order valence-corrected chi connectivity index (χ4v) is 2.80. The Balaban J connectivity index is 1.88. The van der Waals surface area contributed by atoms with Crippen LogP contribution in [0.15, 0.2) is 46.9 Å². The molecular weight excluding hydrogens is 318 g/mol. The molecule has 0 saturated carbocycles. The van der Waals surface area contributed by atoms with E-state index in [0.29, 0.717) is 0 Å². The molecule has 1 atom stereocenters. The lowest BCUT2D eigenvalue weighted by molar-refractivity contribution is 0.316. The molecule has 1 aliphatic heterocycles. The van der Waals surface area contributed by atoms with E-state index >= 15 is 0 Å². The number of phenols is 1. The summed E-state index contributed by atoms with van der Waals surface area (Å²) in [5.74, 6) is 1.22. The van der Waals surface area contributed by atoms with Crippen LogP contribution in [0.25, 0.3) is 0 Å². The molecule has 1 heterocycles. The first-order chi connectivity index (χ1) is 9.72. The van der Waals surface area contributed by atoms with Crippen molar-refractivity contribution in [2.45, 2.75) is 18.9 Å². The summed E-state index contributed by atoms with van der Waals surface area (Å²) < 4.78 is 6.84. The van der Waals surface area contributed by atoms with Gasteiger partial charge in [-0.3, -0.25) is 0 Å². The van der Waals surface area contributed by atoms with E-state index in [4.69, 9.17) is 4.74 Å². The first-order valence-electron chi connectivity index (χ1n) is 6.70. The Morgan fingerprint density at radius 2 is 1.95 bits per heavy atom. The van der Waals surface area contributed by atoms with Crippen molar-refractivity contribution in [1.29, 1.82) is 0 Å². The van der Waals surface area contributed by atoms with Crippen molar-refractivity contribution in [3.8, 4) is 11.5 Å². The largest absolute Gasteiger partial charge is 0.508 e. The number of phenolic OH excluding ortho intramolecular Hbond substituents is 1. The van der Waals surface area contributed by atoms with Crippen molar-refractivity contribution >= 4 is 21.6 Å². The molecule has 0 bridgehead atoms. The van der Waals surface area contributed by atoms with Gasteiger partial charge in [-0.2, -0.15) is 0 Å². The van der Waals surface area contributed by atoms with Crippen LogP contribution in [-0.4, -0.2) is 11.7 Å². The molecule has 0 radical (unpaired) electrons. The molecule has 3 nitrogen and oxygen atoms in total. The van der Waals surface area contributed by atoms with Crippen molar-refractivity contribution < 1.29 is 9.84 Å². The van der Waals surface area contributed by atoms with E-state index in [1.54, 1.807) is 12.1 Å². The van der Waals surface area contributed by atoms with Crippen LogP contribution in [0, 0.1) is 0 Å². The number of aromatic hydroxyl groups is 1. The molecule has 0 aliphatic carbocycles. The Labute approximate surface area is 126 Å². The maximum atomic E-state index is 9.34. The molecule has 2 N–H and O–H groups in total. The van der Waals surface area contributed by atoms with Crippen LogP contribution in [0.1, 0.15) is 24.4 Å². The quantitative estimate of drug-likeness (QED) is 0.796. The number of fused-ring (bicyclic) bond motifs is 1. The zero-order valence-electron chi connectivity index (χ0n) is 11.0. The second-order valence-electron chi connectivity index (χ2n) is 4.92. The molecular formula is C16H16BrNO2. The monoisotopic (exact) mass is 333 g/mol. The van der Waals surface area contributed by atoms with E-state index in [1.807, 2.05) is 24.3 Å². The lowest BCUT2D eigenvalue weighted by atomic mass is 10.0. The van der Waals surface area contributed by atoms with Gasteiger partial charge in [0.15, 0.2) is 0 Å². The number of anilines is 1. The van der Waals surface area contributed by atoms with E-state index in [-0.39, 0.29) is 11.8 Å². The van der Waals surface area contributed by atoms with Gasteiger partial charge >= 0.3 is 0 Å². The fourth-order valence-electron chi connectivity index (χ4n) is 2.45. The van der Waals surface area contributed by atoms with Gasteiger partial charge in [-0.05, 0) is 49.2 Å². The van der Waals surface area contributed by atoms with Gasteiger partial charge in [-0.15, -0.1) is 0 Å². The summed E-state index contributed by atoms with van der Waals surface area (Å²) in [4.78, 5) is 0. The van der Waals surface area contributed by atoms with Crippen LogP contribution < -0.4 is 10.1 Å². The normalized spacial score (nSPS) is 17.8. The van der Waals surface area contributed by atoms with E-state index in [9.17, 15) is 5.11 Å². The van der Waals surface area contributed by atoms with Crippen molar-refractivity contribution in [3.63, 3.8) is 0 Å². The number of halogens is 1. The standard InChI is InChI=1S/C16H16BrNO2/c17-11-3-8-14-15(2-1-9-20-16(14)10-11)18-12-4-6-13(19)7-5-12/h3-8,10,15,18-19H,1-2,9H2. The lowest BCUT2D eigenvalue weighted by Gasteiger charge is -2.19. The van der Waals surface area contributed by atoms with Crippen molar-refractivity contribution in [1.82, 2.24) is 0 Å². The van der Waals surface area contributed by atoms with Gasteiger partial charge in [-0.25, -0.2) is 0 Å². The highest BCUT2D eigenvalue weighted by Gasteiger charge is 2.19. The molecule has 0 amide bonds. The molecule has 3 rings (SSSR count). The van der Waals surface area contributed by atoms with Crippen LogP contribution in [0.3, 0.4) is 0 Å². The number of ether oxygens (including phenoxy) is 1. The predicted molar refractivity (Wildman–Crippen MR) is 83.3 cm³/mol. The molecule has 2 aromatic rings. The molecule has 0 spiro atoms. The topological polar surface area (TPSA) is 41.5 Å². The molecule has 0 saturated heterocycles. The summed E-state index contributed by atoms with van der Waals surface area (Å²) in [6.07, 6.45) is 2.04. The summed E-state index contributed by atoms with van der Waals surface area (Å²) in [6, 6.07) is 13.5. The van der Waals surface area contributed by atoms with E-state index in [1.165, 1.54) is 5.56 Å². The van der Waals surface area contributed by atoms with Gasteiger partial charge < -0.3 is 15.2 Å². The third kappa shape index (κ3) is 2.90. The first kappa shape index (κ1) is 13.3. The summed E-state index contributed by atoms with van der Waals surface area (Å²) >= 11 is 3.48. The predicted octanol–water partition coefficient (Wildman–Crippen LogP) is 4.48. The van der Waals surface area contributed by atoms with E-state index < -0.39 is 0 Å². The van der Waals surface area contributed by atoms with Gasteiger partial charge in [0.1, 0.15) is 11.5 Å². The van der Waals surface area contributed by atoms with Crippen molar-refractivity contribution in [2.24, 2.45) is 0 Å². The number of hydrogen-bond acceptors (Lipinski definition) is 3. The molecule has 0 aromatic heterocycles. The highest BCUT2D eigenvalue weighted by atomic mass is 79.9. The second kappa shape index (κ2) is 5.75. The van der Waals surface area contributed by atoms with Gasteiger partial charge in [0.2, 0.25) is 0 Å². The number of benzene rings is 2. The average molecular weight is 334 g/mol. The molecule has 1 unspecified atom stereocenters. The minimum absolute atomic E-state index is 0.227. The van der Waals surface area contributed by atoms with Crippen LogP contribution in [0.2, 0.25) is 0 Å². The van der Waals surface area contributed by atoms with Crippen LogP contribution in [-0.2, 0) is 0 Å². The van der Waals surface area contributed by atoms with Gasteiger partial charge in [0.25, 0.3) is 0 Å². The maximum Gasteiger partial charge on any atom is 0.125 e. The van der Waals surface area contributed by atoms with Crippen molar-refractivity contribution in [3.05, 3.63) is 52.5 Å². The fraction of sp³-hybridized carbons (Fsp3) is 0.250. The maximum absolute atomic E-state index is 9.34. The van der Waals surface area contributed by atoms with Gasteiger partial charge in [0.05, 0.1) is 12.6 Å². The second-order valence-corrected chi connectivity index (χ2v) is 5.83. The highest BCUT2D eigenvalue weighted by Crippen LogP contribution is 2.35. The summed E-state index contributed by atoms with van der Waals surface area (Å²) in [5.41, 5.74) is 2.18. The van der Waals surface area contributed by atoms with Crippen LogP contribution in [0.5, 0.6) is 11.5 Å². The SMILES string of the molecule is Oc1ccc(NC2CCCOc3cc(Br)ccc32)cc1. The first-order valence-corrected chi connectivity index (χ1v) is 7.49. The summed E-state index contributed by atoms with van der Waals surface area (Å²) in [7, 11) is 0. The average Bonchev–Trinajstić information content (AvgIpc) is 2.63. The Bertz CT molecular complexity index is 598. The molecule has 104 valence electrons. The third-order valence-electron chi connectivity index (χ3n) is 3.45. The molecule has 2 aromatic carbocycles. The molecule has 1 aliphatic rings. The number of nitrogens with one attached hydrogen (secondary N) is 1. The van der Waals surface area contributed by atoms with Gasteiger partial charge in [-0.1, -0.05) is 22.0 Å². The Morgan fingerprint density at radius 1 is 1.15 bits per heavy atom. The van der Waals surface area contributed by atoms with Crippen LogP contribution in [0.4, 0.5) is 5.69 Å². The Morgan fingerprint density at radius 3 is 2.75 bits per heavy atom. The number of rotatable bonds is 2. The van der Waals surface area contributed by atoms with Crippen LogP contribution >= 0.6 is 15.9 Å². The third-order valence-corrected chi connectivity index (χ3v) is 3.95. The van der Waals surface area contributed by atoms with E-state index in [2.05, 4.69) is 27.3 Å². The van der Waals surface area contributed by atoms with Crippen molar-refractivity contribution in [2.75, 3.05) is 11.9 Å². The zero-order chi connectivity index (χ0) is 13.9. The summed E-state index contributed by atoms with van der Waals surface area (Å²) in [6.45, 7) is 0.747. The lowest BCUT2D eigenvalue weighted by Crippen LogP contribution is -2.10. The minimum atomic E-state index is 0.227. The zero-order valence-corrected chi connectivity index (χ0v) is 12.6. The smallest absolute Gasteiger partial charge is 0.125 e. The summed E-state index contributed by atoms with van der Waals surface area (Å²) in [5, 5.41) is 12.9. The molecule has 4 heteroatoms. The highest BCUT2D eigenvalue weighted by molar-refractivity contribution is 9.10. The Hall–Kier alpha value is -1.68. The van der Waals surface area contributed by atoms with Gasteiger partial charge in [0, 0.05) is 15.7 Å². The minimum Gasteiger partial charge on any atom is -0.508 e.